The van der Waals surface area contributed by atoms with Crippen molar-refractivity contribution in [3.63, 3.8) is 0 Å². The van der Waals surface area contributed by atoms with Crippen LogP contribution in [0.25, 0.3) is 5.78 Å². The lowest BCUT2D eigenvalue weighted by atomic mass is 10.1. The first-order chi connectivity index (χ1) is 13.1. The molecule has 0 aliphatic heterocycles. The van der Waals surface area contributed by atoms with E-state index in [2.05, 4.69) is 27.3 Å². The molecule has 142 valence electrons. The van der Waals surface area contributed by atoms with Crippen LogP contribution in [0.15, 0.2) is 35.4 Å². The third-order valence-electron chi connectivity index (χ3n) is 4.24. The number of rotatable bonds is 8. The number of unbranched alkanes of at least 4 members (excludes halogenated alkanes) is 1. The molecule has 8 nitrogen and oxygen atoms in total. The predicted octanol–water partition coefficient (Wildman–Crippen LogP) is 2.48. The van der Waals surface area contributed by atoms with Crippen molar-refractivity contribution in [1.82, 2.24) is 19.6 Å². The third kappa shape index (κ3) is 4.52. The van der Waals surface area contributed by atoms with Crippen molar-refractivity contribution in [1.29, 1.82) is 0 Å². The molecule has 0 atom stereocenters. The Balaban J connectivity index is 1.58. The van der Waals surface area contributed by atoms with Crippen molar-refractivity contribution in [3.8, 4) is 5.75 Å². The van der Waals surface area contributed by atoms with Gasteiger partial charge in [0.15, 0.2) is 0 Å². The number of hydrogen-bond acceptors (Lipinski definition) is 5. The summed E-state index contributed by atoms with van der Waals surface area (Å²) in [6.45, 7) is 4.55. The zero-order valence-electron chi connectivity index (χ0n) is 15.5. The maximum Gasteiger partial charge on any atom is 0.277 e. The summed E-state index contributed by atoms with van der Waals surface area (Å²) in [4.78, 5) is 32.9. The zero-order valence-corrected chi connectivity index (χ0v) is 15.5. The molecule has 1 amide bonds. The Kier molecular flexibility index (Phi) is 5.85. The maximum absolute atomic E-state index is 12.4. The lowest BCUT2D eigenvalue weighted by molar-refractivity contribution is -0.116. The minimum absolute atomic E-state index is 0.164. The molecule has 0 saturated carbocycles. The highest BCUT2D eigenvalue weighted by molar-refractivity contribution is 5.90. The van der Waals surface area contributed by atoms with Crippen molar-refractivity contribution in [2.24, 2.45) is 0 Å². The first-order valence-corrected chi connectivity index (χ1v) is 9.03. The molecule has 0 fully saturated rings. The van der Waals surface area contributed by atoms with Gasteiger partial charge < -0.3 is 10.1 Å². The van der Waals surface area contributed by atoms with Crippen LogP contribution in [0, 0.1) is 6.92 Å². The minimum atomic E-state index is -0.226. The Morgan fingerprint density at radius 1 is 1.30 bits per heavy atom. The van der Waals surface area contributed by atoms with E-state index >= 15 is 0 Å². The number of anilines is 1. The van der Waals surface area contributed by atoms with Gasteiger partial charge in [0, 0.05) is 17.7 Å². The number of aryl methyl sites for hydroxylation is 1. The number of carbonyl (C=O) groups is 1. The number of carbonyl (C=O) groups excluding carboxylic acids is 1. The summed E-state index contributed by atoms with van der Waals surface area (Å²) in [5.41, 5.74) is 1.56. The number of aromatic nitrogens is 4. The van der Waals surface area contributed by atoms with Crippen LogP contribution in [0.4, 0.5) is 5.69 Å². The summed E-state index contributed by atoms with van der Waals surface area (Å²) in [6.07, 6.45) is 4.00. The summed E-state index contributed by atoms with van der Waals surface area (Å²) >= 11 is 0. The zero-order chi connectivity index (χ0) is 19.2. The number of H-pyrrole nitrogens is 1. The summed E-state index contributed by atoms with van der Waals surface area (Å²) in [5, 5.41) is 5.56. The third-order valence-corrected chi connectivity index (χ3v) is 4.24. The van der Waals surface area contributed by atoms with E-state index in [1.807, 2.05) is 12.1 Å². The molecule has 2 N–H and O–H groups in total. The van der Waals surface area contributed by atoms with Gasteiger partial charge in [-0.15, -0.1) is 0 Å². The van der Waals surface area contributed by atoms with E-state index < -0.39 is 0 Å². The molecule has 27 heavy (non-hydrogen) atoms. The van der Waals surface area contributed by atoms with E-state index in [0.717, 1.165) is 18.6 Å². The number of ether oxygens (including phenoxy) is 1. The molecule has 2 heterocycles. The van der Waals surface area contributed by atoms with Crippen molar-refractivity contribution < 1.29 is 9.53 Å². The maximum atomic E-state index is 12.4. The van der Waals surface area contributed by atoms with Gasteiger partial charge in [0.05, 0.1) is 12.3 Å². The summed E-state index contributed by atoms with van der Waals surface area (Å²) in [5.74, 6) is 0.944. The average molecular weight is 369 g/mol. The highest BCUT2D eigenvalue weighted by atomic mass is 16.5. The number of aromatic amines is 1. The lowest BCUT2D eigenvalue weighted by Gasteiger charge is -2.08. The Morgan fingerprint density at radius 2 is 2.07 bits per heavy atom. The summed E-state index contributed by atoms with van der Waals surface area (Å²) in [6, 6.07) is 7.27. The van der Waals surface area contributed by atoms with Gasteiger partial charge in [-0.1, -0.05) is 13.3 Å². The van der Waals surface area contributed by atoms with E-state index in [1.165, 1.54) is 10.8 Å². The van der Waals surface area contributed by atoms with Gasteiger partial charge in [-0.3, -0.25) is 14.7 Å². The first-order valence-electron chi connectivity index (χ1n) is 9.03. The van der Waals surface area contributed by atoms with Crippen molar-refractivity contribution in [3.05, 3.63) is 52.2 Å². The molecule has 3 aromatic rings. The molecule has 0 aliphatic rings. The standard InChI is InChI=1S/C19H23N5O3/c1-3-4-11-27-15-7-5-14(6-8-15)23-17(25)10-9-16-13(2)22-19-20-12-21-24(19)18(16)26/h5-8,12H,3-4,9-11H2,1-2H3,(H,23,25)(H,20,21,22). The Hall–Kier alpha value is -3.16. The van der Waals surface area contributed by atoms with Crippen LogP contribution in [0.3, 0.4) is 0 Å². The van der Waals surface area contributed by atoms with Gasteiger partial charge in [-0.2, -0.15) is 4.52 Å². The van der Waals surface area contributed by atoms with Crippen molar-refractivity contribution >= 4 is 17.4 Å². The molecule has 0 unspecified atom stereocenters. The van der Waals surface area contributed by atoms with Crippen LogP contribution in [0.5, 0.6) is 5.75 Å². The molecular weight excluding hydrogens is 346 g/mol. The van der Waals surface area contributed by atoms with E-state index in [0.29, 0.717) is 35.8 Å². The van der Waals surface area contributed by atoms with Crippen LogP contribution >= 0.6 is 0 Å². The lowest BCUT2D eigenvalue weighted by Crippen LogP contribution is -2.23. The van der Waals surface area contributed by atoms with E-state index in [1.54, 1.807) is 19.1 Å². The fraction of sp³-hybridized carbons (Fsp3) is 0.368. The summed E-state index contributed by atoms with van der Waals surface area (Å²) < 4.78 is 6.88. The Morgan fingerprint density at radius 3 is 2.81 bits per heavy atom. The van der Waals surface area contributed by atoms with Crippen LogP contribution in [-0.4, -0.2) is 32.1 Å². The number of hydrogen-bond donors (Lipinski definition) is 2. The van der Waals surface area contributed by atoms with Crippen LogP contribution in [-0.2, 0) is 11.2 Å². The van der Waals surface area contributed by atoms with Crippen molar-refractivity contribution in [2.75, 3.05) is 11.9 Å². The monoisotopic (exact) mass is 369 g/mol. The fourth-order valence-corrected chi connectivity index (χ4v) is 2.71. The first kappa shape index (κ1) is 18.6. The van der Waals surface area contributed by atoms with Gasteiger partial charge >= 0.3 is 0 Å². The molecule has 0 spiro atoms. The van der Waals surface area contributed by atoms with Crippen LogP contribution < -0.4 is 15.6 Å². The molecule has 3 rings (SSSR count). The van der Waals surface area contributed by atoms with Gasteiger partial charge in [-0.25, -0.2) is 9.97 Å². The highest BCUT2D eigenvalue weighted by Crippen LogP contribution is 2.16. The summed E-state index contributed by atoms with van der Waals surface area (Å²) in [7, 11) is 0. The Labute approximate surface area is 156 Å². The second kappa shape index (κ2) is 8.48. The smallest absolute Gasteiger partial charge is 0.277 e. The van der Waals surface area contributed by atoms with Gasteiger partial charge in [0.25, 0.3) is 11.3 Å². The topological polar surface area (TPSA) is 101 Å². The highest BCUT2D eigenvalue weighted by Gasteiger charge is 2.13. The fourth-order valence-electron chi connectivity index (χ4n) is 2.71. The van der Waals surface area contributed by atoms with E-state index in [4.69, 9.17) is 4.74 Å². The van der Waals surface area contributed by atoms with E-state index in [-0.39, 0.29) is 17.9 Å². The normalized spacial score (nSPS) is 10.9. The largest absolute Gasteiger partial charge is 0.494 e. The second-order valence-electron chi connectivity index (χ2n) is 6.28. The molecule has 0 radical (unpaired) electrons. The molecule has 1 aromatic carbocycles. The molecule has 0 bridgehead atoms. The SMILES string of the molecule is CCCCOc1ccc(NC(=O)CCc2c(C)nc3nc[nH]n3c2=O)cc1. The number of fused-ring (bicyclic) bond motifs is 1. The molecule has 0 aliphatic carbocycles. The number of nitrogens with zero attached hydrogens (tertiary/aromatic N) is 3. The minimum Gasteiger partial charge on any atom is -0.494 e. The molecule has 0 saturated heterocycles. The number of amides is 1. The van der Waals surface area contributed by atoms with Crippen molar-refractivity contribution in [2.45, 2.75) is 39.5 Å². The molecular formula is C19H23N5O3. The van der Waals surface area contributed by atoms with Gasteiger partial charge in [0.2, 0.25) is 5.91 Å². The van der Waals surface area contributed by atoms with Gasteiger partial charge in [0.1, 0.15) is 12.1 Å². The number of nitrogens with one attached hydrogen (secondary N) is 2. The quantitative estimate of drug-likeness (QED) is 0.594. The van der Waals surface area contributed by atoms with Crippen LogP contribution in [0.1, 0.15) is 37.4 Å². The van der Waals surface area contributed by atoms with Gasteiger partial charge in [-0.05, 0) is 44.0 Å². The number of benzene rings is 1. The molecule has 2 aromatic heterocycles. The predicted molar refractivity (Wildman–Crippen MR) is 102 cm³/mol. The second-order valence-corrected chi connectivity index (χ2v) is 6.28. The molecule has 8 heteroatoms. The van der Waals surface area contributed by atoms with Crippen LogP contribution in [0.2, 0.25) is 0 Å². The Bertz CT molecular complexity index is 975. The average Bonchev–Trinajstić information content (AvgIpc) is 3.12. The van der Waals surface area contributed by atoms with E-state index in [9.17, 15) is 9.59 Å².